The summed E-state index contributed by atoms with van der Waals surface area (Å²) in [6.07, 6.45) is 0.883. The zero-order chi connectivity index (χ0) is 11.6. The van der Waals surface area contributed by atoms with Gasteiger partial charge in [0.2, 0.25) is 0 Å². The van der Waals surface area contributed by atoms with Crippen molar-refractivity contribution in [1.29, 1.82) is 0 Å². The number of esters is 1. The minimum absolute atomic E-state index is 0.0579. The lowest BCUT2D eigenvalue weighted by atomic mass is 10.4. The molecule has 6 heteroatoms. The molecule has 0 aliphatic rings. The summed E-state index contributed by atoms with van der Waals surface area (Å²) < 4.78 is 26.1. The first-order chi connectivity index (χ1) is 6.49. The zero-order valence-corrected chi connectivity index (χ0v) is 7.66. The van der Waals surface area contributed by atoms with Gasteiger partial charge in [0, 0.05) is 0 Å². The Kier molecular flexibility index (Phi) is 9.89. The van der Waals surface area contributed by atoms with Crippen LogP contribution in [-0.2, 0) is 14.3 Å². The number of hydrogen-bond donors (Lipinski definition) is 1. The first-order valence-corrected chi connectivity index (χ1v) is 3.34. The Bertz CT molecular complexity index is 244. The third kappa shape index (κ3) is 10.3. The number of halogens is 2. The van der Waals surface area contributed by atoms with Gasteiger partial charge in [0.15, 0.2) is 0 Å². The second-order valence-corrected chi connectivity index (χ2v) is 1.91. The monoisotopic (exact) mass is 208 g/mol. The minimum atomic E-state index is -1.22. The molecule has 0 aliphatic carbocycles. The molecule has 0 saturated heterocycles. The lowest BCUT2D eigenvalue weighted by molar-refractivity contribution is -0.135. The molecule has 4 nitrogen and oxygen atoms in total. The molecule has 14 heavy (non-hydrogen) atoms. The van der Waals surface area contributed by atoms with E-state index in [2.05, 4.69) is 4.74 Å². The summed E-state index contributed by atoms with van der Waals surface area (Å²) in [5.41, 5.74) is -0.278. The summed E-state index contributed by atoms with van der Waals surface area (Å²) in [4.78, 5) is 19.5. The van der Waals surface area contributed by atoms with Crippen molar-refractivity contribution in [2.45, 2.75) is 6.92 Å². The number of rotatable bonds is 2. The maximum absolute atomic E-state index is 11.1. The van der Waals surface area contributed by atoms with Crippen molar-refractivity contribution in [3.05, 3.63) is 24.3 Å². The maximum atomic E-state index is 11.1. The molecule has 0 aromatic heterocycles. The molecule has 0 spiro atoms. The van der Waals surface area contributed by atoms with Gasteiger partial charge in [0.05, 0.1) is 31.4 Å². The molecular formula is C8H10F2O4. The SMILES string of the molecule is CC(=CF)C(=O)O.COC(=O)C=CF. The summed E-state index contributed by atoms with van der Waals surface area (Å²) >= 11 is 0. The molecule has 0 atom stereocenters. The van der Waals surface area contributed by atoms with Crippen LogP contribution < -0.4 is 0 Å². The molecule has 80 valence electrons. The second kappa shape index (κ2) is 9.37. The minimum Gasteiger partial charge on any atom is -0.478 e. The first kappa shape index (κ1) is 14.8. The van der Waals surface area contributed by atoms with E-state index >= 15 is 0 Å². The van der Waals surface area contributed by atoms with Gasteiger partial charge in [-0.25, -0.2) is 18.4 Å². The predicted molar refractivity (Wildman–Crippen MR) is 44.8 cm³/mol. The zero-order valence-electron chi connectivity index (χ0n) is 7.66. The van der Waals surface area contributed by atoms with Gasteiger partial charge in [0.1, 0.15) is 0 Å². The van der Waals surface area contributed by atoms with Crippen LogP contribution in [0.4, 0.5) is 8.78 Å². The van der Waals surface area contributed by atoms with E-state index in [1.54, 1.807) is 0 Å². The number of aliphatic carboxylic acids is 1. The van der Waals surface area contributed by atoms with Crippen LogP contribution in [-0.4, -0.2) is 24.2 Å². The quantitative estimate of drug-likeness (QED) is 0.552. The smallest absolute Gasteiger partial charge is 0.333 e. The third-order valence-electron chi connectivity index (χ3n) is 0.901. The molecule has 0 bridgehead atoms. The van der Waals surface area contributed by atoms with Crippen LogP contribution in [0.2, 0.25) is 0 Å². The van der Waals surface area contributed by atoms with Gasteiger partial charge < -0.3 is 9.84 Å². The summed E-state index contributed by atoms with van der Waals surface area (Å²) in [6, 6.07) is 0. The molecular weight excluding hydrogens is 198 g/mol. The Morgan fingerprint density at radius 1 is 1.36 bits per heavy atom. The van der Waals surface area contributed by atoms with Crippen molar-refractivity contribution in [1.82, 2.24) is 0 Å². The predicted octanol–water partition coefficient (Wildman–Crippen LogP) is 1.59. The highest BCUT2D eigenvalue weighted by atomic mass is 19.1. The average Bonchev–Trinajstić information content (AvgIpc) is 2.17. The van der Waals surface area contributed by atoms with Crippen molar-refractivity contribution in [3.8, 4) is 0 Å². The van der Waals surface area contributed by atoms with Gasteiger partial charge in [-0.05, 0) is 6.92 Å². The number of carbonyl (C=O) groups is 2. The van der Waals surface area contributed by atoms with Crippen LogP contribution in [0.25, 0.3) is 0 Å². The van der Waals surface area contributed by atoms with Crippen LogP contribution in [0.3, 0.4) is 0 Å². The molecule has 0 aromatic rings. The highest BCUT2D eigenvalue weighted by Gasteiger charge is 1.95. The fourth-order valence-corrected chi connectivity index (χ4v) is 0.166. The van der Waals surface area contributed by atoms with Crippen molar-refractivity contribution in [2.24, 2.45) is 0 Å². The third-order valence-corrected chi connectivity index (χ3v) is 0.901. The molecule has 0 rings (SSSR count). The molecule has 0 amide bonds. The van der Waals surface area contributed by atoms with Gasteiger partial charge in [-0.1, -0.05) is 0 Å². The number of methoxy groups -OCH3 is 1. The molecule has 0 saturated carbocycles. The summed E-state index contributed by atoms with van der Waals surface area (Å²) in [5.74, 6) is -1.90. The van der Waals surface area contributed by atoms with E-state index in [1.807, 2.05) is 0 Å². The first-order valence-electron chi connectivity index (χ1n) is 3.34. The molecule has 0 heterocycles. The highest BCUT2D eigenvalue weighted by Crippen LogP contribution is 1.89. The highest BCUT2D eigenvalue weighted by molar-refractivity contribution is 5.85. The lowest BCUT2D eigenvalue weighted by Crippen LogP contribution is -1.93. The molecule has 0 radical (unpaired) electrons. The topological polar surface area (TPSA) is 63.6 Å². The Morgan fingerprint density at radius 3 is 1.93 bits per heavy atom. The van der Waals surface area contributed by atoms with Gasteiger partial charge >= 0.3 is 11.9 Å². The summed E-state index contributed by atoms with van der Waals surface area (Å²) in [6.45, 7) is 1.18. The number of carboxylic acid groups (broad SMARTS) is 1. The van der Waals surface area contributed by atoms with Gasteiger partial charge in [-0.2, -0.15) is 0 Å². The van der Waals surface area contributed by atoms with Crippen molar-refractivity contribution in [3.63, 3.8) is 0 Å². The van der Waals surface area contributed by atoms with E-state index in [0.717, 1.165) is 0 Å². The standard InChI is InChI=1S/2C4H5FO2/c1-7-4(6)2-3-5;1-3(2-5)4(6)7/h2-3H,1H3;2H,1H3,(H,6,7). The normalized spacial score (nSPS) is 10.4. The molecule has 1 N–H and O–H groups in total. The van der Waals surface area contributed by atoms with E-state index < -0.39 is 11.9 Å². The van der Waals surface area contributed by atoms with Crippen molar-refractivity contribution >= 4 is 11.9 Å². The van der Waals surface area contributed by atoms with E-state index in [4.69, 9.17) is 5.11 Å². The van der Waals surface area contributed by atoms with Crippen LogP contribution in [0, 0.1) is 0 Å². The Morgan fingerprint density at radius 2 is 1.86 bits per heavy atom. The van der Waals surface area contributed by atoms with E-state index in [0.29, 0.717) is 6.08 Å². The number of ether oxygens (including phenoxy) is 1. The number of carbonyl (C=O) groups excluding carboxylic acids is 1. The van der Waals surface area contributed by atoms with Gasteiger partial charge in [0.25, 0.3) is 0 Å². The second-order valence-electron chi connectivity index (χ2n) is 1.91. The van der Waals surface area contributed by atoms with Crippen LogP contribution in [0.15, 0.2) is 24.3 Å². The van der Waals surface area contributed by atoms with Gasteiger partial charge in [-0.3, -0.25) is 0 Å². The maximum Gasteiger partial charge on any atom is 0.333 e. The number of carboxylic acids is 1. The molecule has 0 fully saturated rings. The Hall–Kier alpha value is -1.72. The molecule has 0 aliphatic heterocycles. The van der Waals surface area contributed by atoms with Crippen LogP contribution in [0.5, 0.6) is 0 Å². The van der Waals surface area contributed by atoms with Crippen LogP contribution >= 0.6 is 0 Å². The average molecular weight is 208 g/mol. The van der Waals surface area contributed by atoms with Crippen LogP contribution in [0.1, 0.15) is 6.92 Å². The van der Waals surface area contributed by atoms with Crippen molar-refractivity contribution in [2.75, 3.05) is 7.11 Å². The largest absolute Gasteiger partial charge is 0.478 e. The van der Waals surface area contributed by atoms with E-state index in [1.165, 1.54) is 14.0 Å². The van der Waals surface area contributed by atoms with E-state index in [-0.39, 0.29) is 18.2 Å². The Balaban J connectivity index is 0. The Labute approximate surface area is 79.5 Å². The number of hydrogen-bond acceptors (Lipinski definition) is 3. The van der Waals surface area contributed by atoms with Crippen molar-refractivity contribution < 1.29 is 28.2 Å². The summed E-state index contributed by atoms with van der Waals surface area (Å²) in [7, 11) is 1.18. The summed E-state index contributed by atoms with van der Waals surface area (Å²) in [5, 5.41) is 7.87. The van der Waals surface area contributed by atoms with E-state index in [9.17, 15) is 18.4 Å². The van der Waals surface area contributed by atoms with Gasteiger partial charge in [-0.15, -0.1) is 0 Å². The lowest BCUT2D eigenvalue weighted by Gasteiger charge is -1.83. The fourth-order valence-electron chi connectivity index (χ4n) is 0.166. The molecule has 0 aromatic carbocycles. The molecule has 0 unspecified atom stereocenters. The fraction of sp³-hybridized carbons (Fsp3) is 0.250.